The van der Waals surface area contributed by atoms with Crippen LogP contribution < -0.4 is 10.5 Å². The van der Waals surface area contributed by atoms with Gasteiger partial charge in [0.25, 0.3) is 0 Å². The number of anilines is 1. The Morgan fingerprint density at radius 3 is 2.95 bits per heavy atom. The lowest BCUT2D eigenvalue weighted by atomic mass is 10.1. The fraction of sp³-hybridized carbons (Fsp3) is 0.0769. The molecule has 3 N–H and O–H groups in total. The number of nitrogens with two attached hydrogens (primary N) is 1. The first-order chi connectivity index (χ1) is 9.65. The maximum Gasteiger partial charge on any atom is 0.248 e. The second-order valence-electron chi connectivity index (χ2n) is 4.19. The van der Waals surface area contributed by atoms with Crippen LogP contribution >= 0.6 is 0 Å². The Kier molecular flexibility index (Phi) is 2.79. The summed E-state index contributed by atoms with van der Waals surface area (Å²) in [5.41, 5.74) is 7.64. The van der Waals surface area contributed by atoms with E-state index < -0.39 is 0 Å². The maximum absolute atomic E-state index is 11.6. The van der Waals surface area contributed by atoms with Gasteiger partial charge >= 0.3 is 0 Å². The van der Waals surface area contributed by atoms with Crippen molar-refractivity contribution >= 4 is 22.6 Å². The van der Waals surface area contributed by atoms with E-state index in [1.807, 2.05) is 0 Å². The number of hydrogen-bond donors (Lipinski definition) is 2. The number of nitrogens with one attached hydrogen (secondary N) is 1. The van der Waals surface area contributed by atoms with Crippen molar-refractivity contribution in [1.82, 2.24) is 19.9 Å². The number of imidazole rings is 1. The number of hydrogen-bond acceptors (Lipinski definition) is 6. The van der Waals surface area contributed by atoms with Gasteiger partial charge in [0.15, 0.2) is 11.4 Å². The highest BCUT2D eigenvalue weighted by Crippen LogP contribution is 2.29. The minimum Gasteiger partial charge on any atom is -0.436 e. The van der Waals surface area contributed by atoms with E-state index in [9.17, 15) is 4.79 Å². The number of rotatable bonds is 3. The van der Waals surface area contributed by atoms with E-state index in [4.69, 9.17) is 10.5 Å². The van der Waals surface area contributed by atoms with Gasteiger partial charge in [0.2, 0.25) is 5.88 Å². The zero-order chi connectivity index (χ0) is 14.1. The number of nitrogen functional groups attached to an aromatic ring is 1. The number of carbonyl (C=O) groups excluding carboxylic acids is 1. The first-order valence-corrected chi connectivity index (χ1v) is 5.87. The molecular formula is C13H11N5O2. The number of benzene rings is 1. The summed E-state index contributed by atoms with van der Waals surface area (Å²) in [6.07, 6.45) is 2.85. The molecule has 0 aliphatic carbocycles. The lowest BCUT2D eigenvalue weighted by Gasteiger charge is -2.09. The number of ketones is 1. The summed E-state index contributed by atoms with van der Waals surface area (Å²) in [4.78, 5) is 26.6. The van der Waals surface area contributed by atoms with Crippen molar-refractivity contribution in [3.63, 3.8) is 0 Å². The predicted octanol–water partition coefficient (Wildman–Crippen LogP) is 1.93. The zero-order valence-corrected chi connectivity index (χ0v) is 10.6. The van der Waals surface area contributed by atoms with Crippen molar-refractivity contribution in [3.05, 3.63) is 36.4 Å². The largest absolute Gasteiger partial charge is 0.436 e. The first kappa shape index (κ1) is 12.1. The Morgan fingerprint density at radius 2 is 2.15 bits per heavy atom. The van der Waals surface area contributed by atoms with Gasteiger partial charge in [0.1, 0.15) is 17.6 Å². The fourth-order valence-electron chi connectivity index (χ4n) is 1.84. The lowest BCUT2D eigenvalue weighted by Crippen LogP contribution is -2.00. The van der Waals surface area contributed by atoms with Crippen LogP contribution in [0.5, 0.6) is 11.6 Å². The lowest BCUT2D eigenvalue weighted by molar-refractivity contribution is 0.101. The van der Waals surface area contributed by atoms with Crippen LogP contribution in [-0.2, 0) is 0 Å². The van der Waals surface area contributed by atoms with Crippen molar-refractivity contribution in [2.24, 2.45) is 0 Å². The van der Waals surface area contributed by atoms with E-state index in [2.05, 4.69) is 19.9 Å². The van der Waals surface area contributed by atoms with E-state index in [0.717, 1.165) is 0 Å². The minimum absolute atomic E-state index is 0.137. The quantitative estimate of drug-likeness (QED) is 0.555. The number of carbonyl (C=O) groups is 1. The van der Waals surface area contributed by atoms with Gasteiger partial charge in [0, 0.05) is 5.69 Å². The fourth-order valence-corrected chi connectivity index (χ4v) is 1.84. The first-order valence-electron chi connectivity index (χ1n) is 5.87. The Hall–Kier alpha value is -2.96. The third-order valence-corrected chi connectivity index (χ3v) is 2.78. The highest BCUT2D eigenvalue weighted by molar-refractivity contribution is 5.97. The number of fused-ring (bicyclic) bond motifs is 1. The monoisotopic (exact) mass is 269 g/mol. The molecule has 0 atom stereocenters. The molecule has 0 unspecified atom stereocenters. The van der Waals surface area contributed by atoms with Crippen molar-refractivity contribution in [2.45, 2.75) is 6.92 Å². The second-order valence-corrected chi connectivity index (χ2v) is 4.19. The van der Waals surface area contributed by atoms with Crippen molar-refractivity contribution in [2.75, 3.05) is 5.73 Å². The smallest absolute Gasteiger partial charge is 0.248 e. The summed E-state index contributed by atoms with van der Waals surface area (Å²) in [5.74, 6) is 0.559. The summed E-state index contributed by atoms with van der Waals surface area (Å²) in [5, 5.41) is 0. The van der Waals surface area contributed by atoms with Gasteiger partial charge in [-0.15, -0.1) is 0 Å². The number of H-pyrrole nitrogens is 1. The third kappa shape index (κ3) is 2.05. The zero-order valence-electron chi connectivity index (χ0n) is 10.6. The van der Waals surface area contributed by atoms with Crippen LogP contribution in [0.25, 0.3) is 11.2 Å². The van der Waals surface area contributed by atoms with E-state index in [1.165, 1.54) is 19.6 Å². The van der Waals surface area contributed by atoms with Gasteiger partial charge in [-0.05, 0) is 25.1 Å². The standard InChI is InChI=1S/C13H11N5O2/c1-7(19)9-4-8(14)2-3-10(9)20-13-11-12(16-5-15-11)17-6-18-13/h2-6H,14H2,1H3,(H,15,16,17,18). The van der Waals surface area contributed by atoms with E-state index in [-0.39, 0.29) is 5.78 Å². The topological polar surface area (TPSA) is 107 Å². The van der Waals surface area contributed by atoms with Crippen LogP contribution in [0.2, 0.25) is 0 Å². The van der Waals surface area contributed by atoms with Gasteiger partial charge in [-0.1, -0.05) is 0 Å². The van der Waals surface area contributed by atoms with Crippen LogP contribution in [0.15, 0.2) is 30.9 Å². The number of aromatic amines is 1. The van der Waals surface area contributed by atoms with Crippen molar-refractivity contribution < 1.29 is 9.53 Å². The van der Waals surface area contributed by atoms with Crippen LogP contribution in [-0.4, -0.2) is 25.7 Å². The molecule has 0 aliphatic rings. The predicted molar refractivity (Wildman–Crippen MR) is 72.6 cm³/mol. The average Bonchev–Trinajstić information content (AvgIpc) is 2.90. The molecular weight excluding hydrogens is 258 g/mol. The van der Waals surface area contributed by atoms with Crippen LogP contribution in [0, 0.1) is 0 Å². The summed E-state index contributed by atoms with van der Waals surface area (Å²) in [7, 11) is 0. The summed E-state index contributed by atoms with van der Waals surface area (Å²) < 4.78 is 5.70. The number of Topliss-reactive ketones (excluding diaryl/α,β-unsaturated/α-hetero) is 1. The number of ether oxygens (including phenoxy) is 1. The molecule has 100 valence electrons. The molecule has 3 rings (SSSR count). The van der Waals surface area contributed by atoms with Crippen LogP contribution in [0.1, 0.15) is 17.3 Å². The maximum atomic E-state index is 11.6. The molecule has 0 amide bonds. The summed E-state index contributed by atoms with van der Waals surface area (Å²) >= 11 is 0. The molecule has 2 aromatic heterocycles. The van der Waals surface area contributed by atoms with E-state index >= 15 is 0 Å². The Balaban J connectivity index is 2.07. The van der Waals surface area contributed by atoms with Crippen LogP contribution in [0.3, 0.4) is 0 Å². The molecule has 20 heavy (non-hydrogen) atoms. The number of nitrogens with zero attached hydrogens (tertiary/aromatic N) is 3. The average molecular weight is 269 g/mol. The molecule has 3 aromatic rings. The Morgan fingerprint density at radius 1 is 1.30 bits per heavy atom. The number of aromatic nitrogens is 4. The minimum atomic E-state index is -0.137. The molecule has 0 saturated heterocycles. The summed E-state index contributed by atoms with van der Waals surface area (Å²) in [6.45, 7) is 1.45. The SMILES string of the molecule is CC(=O)c1cc(N)ccc1Oc1ncnc2nc[nH]c12. The highest BCUT2D eigenvalue weighted by Gasteiger charge is 2.13. The Labute approximate surface area is 113 Å². The molecule has 0 saturated carbocycles. The molecule has 7 nitrogen and oxygen atoms in total. The molecule has 0 spiro atoms. The van der Waals surface area contributed by atoms with Crippen molar-refractivity contribution in [1.29, 1.82) is 0 Å². The molecule has 1 aromatic carbocycles. The van der Waals surface area contributed by atoms with Crippen molar-refractivity contribution in [3.8, 4) is 11.6 Å². The van der Waals surface area contributed by atoms with E-state index in [0.29, 0.717) is 34.0 Å². The molecule has 0 radical (unpaired) electrons. The highest BCUT2D eigenvalue weighted by atomic mass is 16.5. The molecule has 0 bridgehead atoms. The molecule has 2 heterocycles. The normalized spacial score (nSPS) is 10.7. The van der Waals surface area contributed by atoms with Gasteiger partial charge in [-0.3, -0.25) is 4.79 Å². The molecule has 7 heteroatoms. The summed E-state index contributed by atoms with van der Waals surface area (Å²) in [6, 6.07) is 4.87. The second kappa shape index (κ2) is 4.61. The molecule has 0 fully saturated rings. The van der Waals surface area contributed by atoms with Gasteiger partial charge in [0.05, 0.1) is 11.9 Å². The van der Waals surface area contributed by atoms with Gasteiger partial charge < -0.3 is 15.5 Å². The Bertz CT molecular complexity index is 796. The van der Waals surface area contributed by atoms with Gasteiger partial charge in [-0.2, -0.15) is 4.98 Å². The molecule has 0 aliphatic heterocycles. The van der Waals surface area contributed by atoms with Crippen LogP contribution in [0.4, 0.5) is 5.69 Å². The third-order valence-electron chi connectivity index (χ3n) is 2.78. The van der Waals surface area contributed by atoms with E-state index in [1.54, 1.807) is 18.2 Å². The van der Waals surface area contributed by atoms with Gasteiger partial charge in [-0.25, -0.2) is 9.97 Å².